The summed E-state index contributed by atoms with van der Waals surface area (Å²) in [6, 6.07) is 10.8. The first-order chi connectivity index (χ1) is 9.88. The lowest BCUT2D eigenvalue weighted by Crippen LogP contribution is -2.09. The van der Waals surface area contributed by atoms with E-state index in [4.69, 9.17) is 4.74 Å². The predicted molar refractivity (Wildman–Crippen MR) is 68.9 cm³/mol. The van der Waals surface area contributed by atoms with E-state index < -0.39 is 28.1 Å². The summed E-state index contributed by atoms with van der Waals surface area (Å²) in [4.78, 5) is 9.89. The summed E-state index contributed by atoms with van der Waals surface area (Å²) >= 11 is 0. The number of benzene rings is 2. The molecule has 0 saturated carbocycles. The Morgan fingerprint density at radius 2 is 1.76 bits per heavy atom. The number of alkyl halides is 3. The van der Waals surface area contributed by atoms with Crippen LogP contribution in [0.15, 0.2) is 48.5 Å². The van der Waals surface area contributed by atoms with Crippen molar-refractivity contribution in [3.8, 4) is 5.75 Å². The third-order valence-corrected chi connectivity index (χ3v) is 2.72. The average Bonchev–Trinajstić information content (AvgIpc) is 2.45. The minimum absolute atomic E-state index is 0.106. The monoisotopic (exact) mass is 297 g/mol. The smallest absolute Gasteiger partial charge is 0.419 e. The summed E-state index contributed by atoms with van der Waals surface area (Å²) in [5, 5.41) is 10.7. The molecule has 0 aromatic heterocycles. The van der Waals surface area contributed by atoms with Gasteiger partial charge in [-0.2, -0.15) is 13.2 Å². The normalized spacial score (nSPS) is 11.2. The van der Waals surface area contributed by atoms with Gasteiger partial charge >= 0.3 is 6.18 Å². The Hall–Kier alpha value is -2.57. The molecule has 7 heteroatoms. The maximum Gasteiger partial charge on any atom is 0.419 e. The number of nitrogens with zero attached hydrogens (tertiary/aromatic N) is 1. The highest BCUT2D eigenvalue weighted by atomic mass is 19.4. The van der Waals surface area contributed by atoms with Crippen molar-refractivity contribution in [1.29, 1.82) is 0 Å². The number of hydrogen-bond donors (Lipinski definition) is 0. The fraction of sp³-hybridized carbons (Fsp3) is 0.143. The molecule has 0 spiro atoms. The molecule has 0 atom stereocenters. The molecule has 0 saturated heterocycles. The van der Waals surface area contributed by atoms with E-state index in [1.54, 1.807) is 30.3 Å². The van der Waals surface area contributed by atoms with Crippen molar-refractivity contribution in [2.45, 2.75) is 12.8 Å². The largest absolute Gasteiger partial charge is 0.488 e. The molecule has 0 aliphatic heterocycles. The van der Waals surface area contributed by atoms with Gasteiger partial charge in [0.15, 0.2) is 0 Å². The van der Waals surface area contributed by atoms with Crippen LogP contribution in [0.4, 0.5) is 18.9 Å². The van der Waals surface area contributed by atoms with E-state index in [0.29, 0.717) is 11.6 Å². The molecule has 0 unspecified atom stereocenters. The first-order valence-corrected chi connectivity index (χ1v) is 5.90. The van der Waals surface area contributed by atoms with E-state index in [1.807, 2.05) is 0 Å². The van der Waals surface area contributed by atoms with Crippen LogP contribution in [0.3, 0.4) is 0 Å². The summed E-state index contributed by atoms with van der Waals surface area (Å²) in [5.41, 5.74) is -0.827. The van der Waals surface area contributed by atoms with Crippen molar-refractivity contribution in [2.75, 3.05) is 0 Å². The van der Waals surface area contributed by atoms with Crippen LogP contribution in [0.25, 0.3) is 0 Å². The van der Waals surface area contributed by atoms with Gasteiger partial charge in [0, 0.05) is 6.07 Å². The summed E-state index contributed by atoms with van der Waals surface area (Å²) in [6.45, 7) is -0.106. The zero-order chi connectivity index (χ0) is 15.5. The Kier molecular flexibility index (Phi) is 4.11. The van der Waals surface area contributed by atoms with Crippen molar-refractivity contribution in [2.24, 2.45) is 0 Å². The lowest BCUT2D eigenvalue weighted by Gasteiger charge is -2.13. The van der Waals surface area contributed by atoms with Crippen LogP contribution >= 0.6 is 0 Å². The topological polar surface area (TPSA) is 52.4 Å². The SMILES string of the molecule is O=[N+]([O-])c1ccc(C(F)(F)F)c(OCc2ccccc2)c1. The molecular weight excluding hydrogens is 287 g/mol. The van der Waals surface area contributed by atoms with Crippen molar-refractivity contribution in [3.63, 3.8) is 0 Å². The standard InChI is InChI=1S/C14H10F3NO3/c15-14(16,17)12-7-6-11(18(19)20)8-13(12)21-9-10-4-2-1-3-5-10/h1-8H,9H2. The number of hydrogen-bond acceptors (Lipinski definition) is 3. The molecule has 0 amide bonds. The Bertz CT molecular complexity index is 642. The van der Waals surface area contributed by atoms with Gasteiger partial charge in [-0.1, -0.05) is 30.3 Å². The number of non-ortho nitro benzene ring substituents is 1. The molecule has 21 heavy (non-hydrogen) atoms. The van der Waals surface area contributed by atoms with Crippen molar-refractivity contribution in [1.82, 2.24) is 0 Å². The summed E-state index contributed by atoms with van der Waals surface area (Å²) in [5.74, 6) is -0.555. The van der Waals surface area contributed by atoms with Crippen molar-refractivity contribution >= 4 is 5.69 Å². The highest BCUT2D eigenvalue weighted by molar-refractivity contribution is 5.45. The quantitative estimate of drug-likeness (QED) is 0.628. The van der Waals surface area contributed by atoms with Crippen LogP contribution in [-0.4, -0.2) is 4.92 Å². The maximum absolute atomic E-state index is 12.9. The molecule has 0 heterocycles. The average molecular weight is 297 g/mol. The van der Waals surface area contributed by atoms with Crippen LogP contribution in [0, 0.1) is 10.1 Å². The number of nitro groups is 1. The Balaban J connectivity index is 2.30. The number of rotatable bonds is 4. The van der Waals surface area contributed by atoms with Crippen LogP contribution in [0.1, 0.15) is 11.1 Å². The van der Waals surface area contributed by atoms with Gasteiger partial charge in [-0.3, -0.25) is 10.1 Å². The first-order valence-electron chi connectivity index (χ1n) is 5.90. The summed E-state index contributed by atoms with van der Waals surface area (Å²) in [7, 11) is 0. The van der Waals surface area contributed by atoms with Gasteiger partial charge in [0.2, 0.25) is 0 Å². The van der Waals surface area contributed by atoms with Gasteiger partial charge in [-0.25, -0.2) is 0 Å². The molecule has 0 bridgehead atoms. The Morgan fingerprint density at radius 3 is 2.33 bits per heavy atom. The second-order valence-electron chi connectivity index (χ2n) is 4.21. The second kappa shape index (κ2) is 5.82. The zero-order valence-corrected chi connectivity index (χ0v) is 10.6. The summed E-state index contributed by atoms with van der Waals surface area (Å²) in [6.07, 6.45) is -4.64. The molecule has 0 N–H and O–H groups in total. The van der Waals surface area contributed by atoms with Crippen LogP contribution in [0.5, 0.6) is 5.75 Å². The lowest BCUT2D eigenvalue weighted by molar-refractivity contribution is -0.385. The van der Waals surface area contributed by atoms with E-state index in [9.17, 15) is 23.3 Å². The number of nitro benzene ring substituents is 1. The van der Waals surface area contributed by atoms with Crippen LogP contribution < -0.4 is 4.74 Å². The Morgan fingerprint density at radius 1 is 1.10 bits per heavy atom. The van der Waals surface area contributed by atoms with Gasteiger partial charge in [-0.15, -0.1) is 0 Å². The third-order valence-electron chi connectivity index (χ3n) is 2.72. The number of halogens is 3. The van der Waals surface area contributed by atoms with Gasteiger partial charge in [-0.05, 0) is 11.6 Å². The van der Waals surface area contributed by atoms with Gasteiger partial charge in [0.1, 0.15) is 12.4 Å². The first kappa shape index (κ1) is 14.8. The third kappa shape index (κ3) is 3.71. The summed E-state index contributed by atoms with van der Waals surface area (Å²) < 4.78 is 43.7. The maximum atomic E-state index is 12.9. The van der Waals surface area contributed by atoms with Crippen LogP contribution in [0.2, 0.25) is 0 Å². The molecule has 0 aliphatic rings. The highest BCUT2D eigenvalue weighted by Gasteiger charge is 2.35. The lowest BCUT2D eigenvalue weighted by atomic mass is 10.1. The molecule has 0 fully saturated rings. The molecule has 110 valence electrons. The van der Waals surface area contributed by atoms with E-state index in [1.165, 1.54) is 0 Å². The highest BCUT2D eigenvalue weighted by Crippen LogP contribution is 2.38. The van der Waals surface area contributed by atoms with E-state index in [0.717, 1.165) is 12.1 Å². The van der Waals surface area contributed by atoms with Crippen LogP contribution in [-0.2, 0) is 12.8 Å². The molecule has 2 aromatic rings. The molecule has 2 rings (SSSR count). The zero-order valence-electron chi connectivity index (χ0n) is 10.6. The van der Waals surface area contributed by atoms with E-state index in [-0.39, 0.29) is 6.61 Å². The fourth-order valence-corrected chi connectivity index (χ4v) is 1.71. The molecule has 0 aliphatic carbocycles. The minimum atomic E-state index is -4.64. The predicted octanol–water partition coefficient (Wildman–Crippen LogP) is 4.19. The second-order valence-corrected chi connectivity index (χ2v) is 4.21. The van der Waals surface area contributed by atoms with Gasteiger partial charge in [0.05, 0.1) is 16.6 Å². The molecule has 4 nitrogen and oxygen atoms in total. The molecular formula is C14H10F3NO3. The van der Waals surface area contributed by atoms with E-state index in [2.05, 4.69) is 0 Å². The van der Waals surface area contributed by atoms with Gasteiger partial charge in [0.25, 0.3) is 5.69 Å². The van der Waals surface area contributed by atoms with Crippen molar-refractivity contribution in [3.05, 3.63) is 69.8 Å². The minimum Gasteiger partial charge on any atom is -0.488 e. The Labute approximate surface area is 117 Å². The fourth-order valence-electron chi connectivity index (χ4n) is 1.71. The molecule has 2 aromatic carbocycles. The van der Waals surface area contributed by atoms with Gasteiger partial charge < -0.3 is 4.74 Å². The number of ether oxygens (including phenoxy) is 1. The van der Waals surface area contributed by atoms with Crippen molar-refractivity contribution < 1.29 is 22.8 Å². The van der Waals surface area contributed by atoms with E-state index >= 15 is 0 Å². The molecule has 0 radical (unpaired) electrons.